The fourth-order valence-electron chi connectivity index (χ4n) is 21.4. The molecule has 0 amide bonds. The van der Waals surface area contributed by atoms with Crippen LogP contribution in [0.3, 0.4) is 0 Å². The van der Waals surface area contributed by atoms with Gasteiger partial charge in [-0.1, -0.05) is 194 Å². The van der Waals surface area contributed by atoms with Crippen LogP contribution in [0.1, 0.15) is 443 Å². The molecular weight excluding hydrogens is 1390 g/mol. The second-order valence-electron chi connectivity index (χ2n) is 40.7. The maximum absolute atomic E-state index is 6.32. The summed E-state index contributed by atoms with van der Waals surface area (Å²) in [5.74, 6) is 9.25. The number of hydrogen-bond acceptors (Lipinski definition) is 12. The first-order chi connectivity index (χ1) is 54.0. The largest absolute Gasteiger partial charge is 0.328 e. The summed E-state index contributed by atoms with van der Waals surface area (Å²) in [6.07, 6.45) is 81.4. The third kappa shape index (κ3) is 49.9. The van der Waals surface area contributed by atoms with Crippen LogP contribution in [-0.4, -0.2) is 174 Å². The maximum Gasteiger partial charge on any atom is 0.0603 e. The molecule has 0 spiro atoms. The molecule has 12 heteroatoms. The van der Waals surface area contributed by atoms with Gasteiger partial charge < -0.3 is 43.4 Å². The summed E-state index contributed by atoms with van der Waals surface area (Å²) >= 11 is 2.09. The van der Waals surface area contributed by atoms with E-state index < -0.39 is 0 Å². The van der Waals surface area contributed by atoms with Crippen molar-refractivity contribution in [2.45, 2.75) is 489 Å². The fraction of sp³-hybridized carbons (Fsp3) is 0.970. The summed E-state index contributed by atoms with van der Waals surface area (Å²) in [5.41, 5.74) is 32.4. The highest BCUT2D eigenvalue weighted by atomic mass is 32.2. The predicted octanol–water partition coefficient (Wildman–Crippen LogP) is 24.9. The Morgan fingerprint density at radius 2 is 0.723 bits per heavy atom. The van der Waals surface area contributed by atoms with Crippen LogP contribution < -0.4 is 28.7 Å². The summed E-state index contributed by atoms with van der Waals surface area (Å²) in [6, 6.07) is 2.96. The molecule has 13 aliphatic carbocycles. The molecule has 112 heavy (non-hydrogen) atoms. The molecule has 0 aromatic heterocycles. The lowest BCUT2D eigenvalue weighted by Gasteiger charge is -2.61. The van der Waals surface area contributed by atoms with E-state index in [1.54, 1.807) is 38.5 Å². The molecule has 11 nitrogen and oxygen atoms in total. The van der Waals surface area contributed by atoms with Crippen molar-refractivity contribution in [3.63, 3.8) is 0 Å². The Kier molecular flexibility index (Phi) is 58.6. The molecule has 0 radical (unpaired) electrons. The zero-order valence-electron chi connectivity index (χ0n) is 77.9. The van der Waals surface area contributed by atoms with Crippen LogP contribution in [0.2, 0.25) is 0 Å². The number of allylic oxidation sites excluding steroid dienone is 1. The minimum absolute atomic E-state index is 0.300. The van der Waals surface area contributed by atoms with Gasteiger partial charge in [-0.05, 0) is 386 Å². The van der Waals surface area contributed by atoms with E-state index in [2.05, 4.69) is 131 Å². The summed E-state index contributed by atoms with van der Waals surface area (Å²) in [6.45, 7) is 42.1. The van der Waals surface area contributed by atoms with Crippen LogP contribution in [0.5, 0.6) is 0 Å². The van der Waals surface area contributed by atoms with Gasteiger partial charge in [0.05, 0.1) is 6.54 Å². The molecule has 20 aliphatic rings. The number of nitrogens with zero attached hydrogens (tertiary/aromatic N) is 6. The Labute approximate surface area is 705 Å². The normalized spacial score (nSPS) is 30.3. The van der Waals surface area contributed by atoms with Gasteiger partial charge in [-0.15, -0.1) is 0 Å². The van der Waals surface area contributed by atoms with E-state index in [1.807, 2.05) is 6.92 Å². The standard InChI is InChI=1S/C15H25N.C10H17N.C9H19N.C8H17N.2C7H15N.C6H9N.2C6H13N.C5H11N.C5H10S.C5H10.C5H12.C3H7N.C3H8/c1-2-4-16(5-3-1)15-9-12-6-13(10-15)8-14(7-12)11-15;11-10-4-7-1-8(5-10)3-9(2-7)6-10;1-9(2,3)10-7-5-4-6-8-10;1-8(2)9-6-4-3-5-7-9;1-2-8-6-4-3-5-7-8;8-7-5-3-1-2-4-6-7;1-5-3-6(2)7-4-5;1-7-5-3-2-4-6-7;7-6-4-2-1-3-5-6;6-5-3-1-2-4-5;1-2-4-6-5-3-1;1-2-4-5-3-1;1-3-5-4-2;4-3-1-2-3;1-3-2/h12-14H,1-11H2;7-9H,1-6,11H2;4-8H2,1-3H3;8H,3-7H2,1-2H3;2-7H2,1H3;7H,1-6,8H2;3H,4H2,1-2H3;2-6H2,1H3;6H,1-5,7H2;5H,1-4,6H2;1-5H2;1-5H2;3-5H2,1-2H3;3H,1-2,4H2;3H2,1-2H3. The highest BCUT2D eigenvalue weighted by Gasteiger charge is 2.53. The molecule has 6 saturated heterocycles. The van der Waals surface area contributed by atoms with Crippen LogP contribution in [0.4, 0.5) is 0 Å². The number of rotatable bonds is 5. The van der Waals surface area contributed by atoms with Crippen molar-refractivity contribution < 1.29 is 0 Å². The van der Waals surface area contributed by atoms with Crippen molar-refractivity contribution in [2.75, 3.05) is 97.1 Å². The maximum atomic E-state index is 6.32. The molecule has 7 heterocycles. The Hall–Kier alpha value is -0.640. The van der Waals surface area contributed by atoms with Gasteiger partial charge in [0.1, 0.15) is 0 Å². The quantitative estimate of drug-likeness (QED) is 0.167. The van der Waals surface area contributed by atoms with Crippen molar-refractivity contribution in [1.82, 2.24) is 24.5 Å². The van der Waals surface area contributed by atoms with Gasteiger partial charge in [-0.2, -0.15) is 11.8 Å². The number of likely N-dealkylation sites (tertiary alicyclic amines) is 5. The summed E-state index contributed by atoms with van der Waals surface area (Å²) in [5, 5.41) is 0. The molecule has 7 aliphatic heterocycles. The van der Waals surface area contributed by atoms with Gasteiger partial charge in [-0.3, -0.25) is 14.8 Å². The van der Waals surface area contributed by atoms with Gasteiger partial charge >= 0.3 is 0 Å². The van der Waals surface area contributed by atoms with Crippen molar-refractivity contribution in [1.29, 1.82) is 0 Å². The lowest BCUT2D eigenvalue weighted by Crippen LogP contribution is -2.60. The van der Waals surface area contributed by atoms with E-state index in [9.17, 15) is 0 Å². The number of piperidine rings is 5. The second-order valence-corrected chi connectivity index (χ2v) is 41.9. The monoisotopic (exact) mass is 1590 g/mol. The summed E-state index contributed by atoms with van der Waals surface area (Å²) in [7, 11) is 2.19. The molecule has 8 bridgehead atoms. The third-order valence-electron chi connectivity index (χ3n) is 27.7. The Morgan fingerprint density at radius 3 is 0.955 bits per heavy atom. The summed E-state index contributed by atoms with van der Waals surface area (Å²) < 4.78 is 0. The number of unbranched alkanes of at least 4 members (excludes halogenated alkanes) is 2. The van der Waals surface area contributed by atoms with E-state index in [0.717, 1.165) is 53.8 Å². The molecule has 10 N–H and O–H groups in total. The van der Waals surface area contributed by atoms with Crippen LogP contribution in [0.15, 0.2) is 16.6 Å². The second kappa shape index (κ2) is 63.3. The van der Waals surface area contributed by atoms with Crippen LogP contribution in [-0.2, 0) is 0 Å². The van der Waals surface area contributed by atoms with E-state index >= 15 is 0 Å². The SMILES string of the molecule is C1CCCC1.C1CCN(C23CC4CC(CC(C4)C2)C3)CC1.C1CCSCC1.CC(C)(C)N1CCCCC1.CC(C)N1CCCCC1.CC1=CC(C)=NC1.CCC.CCCCC.CCN1CCCCC1.CN1CCCCC1.NC12CC3CC(CC(C3)C1)C2.NC1CC1.NC1CCCC1.NC1CCCCC1.NC1CCCCCC1. The smallest absolute Gasteiger partial charge is 0.0603 e. The van der Waals surface area contributed by atoms with Crippen LogP contribution in [0, 0.1) is 35.5 Å². The average Bonchev–Trinajstić information content (AvgIpc) is 0.857. The lowest BCUT2D eigenvalue weighted by atomic mass is 9.52. The van der Waals surface area contributed by atoms with Gasteiger partial charge in [0.25, 0.3) is 0 Å². The first-order valence-electron chi connectivity index (χ1n) is 50.2. The molecule has 0 aromatic carbocycles. The van der Waals surface area contributed by atoms with E-state index in [0.29, 0.717) is 40.8 Å². The van der Waals surface area contributed by atoms with Crippen molar-refractivity contribution in [3.05, 3.63) is 11.6 Å². The fourth-order valence-corrected chi connectivity index (χ4v) is 22.5. The first-order valence-corrected chi connectivity index (χ1v) is 51.4. The zero-order valence-corrected chi connectivity index (χ0v) is 78.7. The van der Waals surface area contributed by atoms with E-state index in [-0.39, 0.29) is 0 Å². The number of hydrogen-bond donors (Lipinski definition) is 5. The highest BCUT2D eigenvalue weighted by molar-refractivity contribution is 7.99. The van der Waals surface area contributed by atoms with Crippen molar-refractivity contribution >= 4 is 17.5 Å². The number of aliphatic imine (C=N–C) groups is 1. The van der Waals surface area contributed by atoms with E-state index in [1.165, 1.54) is 410 Å². The van der Waals surface area contributed by atoms with Gasteiger partial charge in [0.15, 0.2) is 0 Å². The highest BCUT2D eigenvalue weighted by Crippen LogP contribution is 2.58. The Bertz CT molecular complexity index is 2080. The molecule has 20 rings (SSSR count). The minimum atomic E-state index is 0.300. The Morgan fingerprint density at radius 1 is 0.420 bits per heavy atom. The molecular formula is C100H201N11S. The molecule has 0 atom stereocenters. The van der Waals surface area contributed by atoms with Gasteiger partial charge in [0, 0.05) is 52.5 Å². The molecule has 0 unspecified atom stereocenters. The lowest BCUT2D eigenvalue weighted by molar-refractivity contribution is -0.0941. The van der Waals surface area contributed by atoms with Crippen LogP contribution >= 0.6 is 11.8 Å². The topological polar surface area (TPSA) is 159 Å². The Balaban J connectivity index is 0.000000257. The predicted molar refractivity (Wildman–Crippen MR) is 502 cm³/mol. The van der Waals surface area contributed by atoms with Crippen LogP contribution in [0.25, 0.3) is 0 Å². The number of nitrogens with two attached hydrogens (primary N) is 5. The summed E-state index contributed by atoms with van der Waals surface area (Å²) in [4.78, 5) is 17.1. The average molecular weight is 1590 g/mol. The number of thioether (sulfide) groups is 1. The van der Waals surface area contributed by atoms with Gasteiger partial charge in [0.2, 0.25) is 0 Å². The van der Waals surface area contributed by atoms with Crippen molar-refractivity contribution in [2.24, 2.45) is 69.2 Å². The van der Waals surface area contributed by atoms with E-state index in [4.69, 9.17) is 28.7 Å². The minimum Gasteiger partial charge on any atom is -0.328 e. The first kappa shape index (κ1) is 104. The van der Waals surface area contributed by atoms with Gasteiger partial charge in [-0.25, -0.2) is 0 Å². The zero-order chi connectivity index (χ0) is 81.5. The molecule has 19 fully saturated rings. The molecule has 13 saturated carbocycles. The molecule has 662 valence electrons. The third-order valence-corrected chi connectivity index (χ3v) is 28.8. The van der Waals surface area contributed by atoms with Crippen molar-refractivity contribution in [3.8, 4) is 0 Å². The molecule has 0 aromatic rings.